The molecule has 0 spiro atoms. The molecule has 0 amide bonds. The first kappa shape index (κ1) is 11.4. The Hall–Kier alpha value is -2.08. The Bertz CT molecular complexity index is 630. The highest BCUT2D eigenvalue weighted by Gasteiger charge is 2.10. The van der Waals surface area contributed by atoms with E-state index in [0.717, 1.165) is 0 Å². The molecule has 88 valence electrons. The highest BCUT2D eigenvalue weighted by atomic mass is 32.2. The molecule has 0 unspecified atom stereocenters. The van der Waals surface area contributed by atoms with Gasteiger partial charge in [0.05, 0.1) is 22.8 Å². The summed E-state index contributed by atoms with van der Waals surface area (Å²) in [6.07, 6.45) is 2.82. The van der Waals surface area contributed by atoms with Crippen LogP contribution in [0.5, 0.6) is 0 Å². The fraction of sp³-hybridized carbons (Fsp3) is 0. The molecule has 2 rings (SSSR count). The Morgan fingerprint density at radius 1 is 1.00 bits per heavy atom. The third-order valence-electron chi connectivity index (χ3n) is 1.98. The van der Waals surface area contributed by atoms with E-state index in [4.69, 9.17) is 4.42 Å². The zero-order valence-corrected chi connectivity index (χ0v) is 9.59. The molecule has 17 heavy (non-hydrogen) atoms. The lowest BCUT2D eigenvalue weighted by atomic mass is 10.4. The Kier molecular flexibility index (Phi) is 3.24. The van der Waals surface area contributed by atoms with Gasteiger partial charge in [-0.3, -0.25) is 0 Å². The predicted octanol–water partition coefficient (Wildman–Crippen LogP) is 1.07. The number of hydrogen-bond donors (Lipinski definition) is 1. The lowest BCUT2D eigenvalue weighted by molar-refractivity contribution is 0.546. The largest absolute Gasteiger partial charge is 0.472 e. The second kappa shape index (κ2) is 4.84. The van der Waals surface area contributed by atoms with Crippen LogP contribution >= 0.6 is 0 Å². The van der Waals surface area contributed by atoms with E-state index < -0.39 is 10.0 Å². The van der Waals surface area contributed by atoms with Crippen molar-refractivity contribution in [3.63, 3.8) is 0 Å². The Morgan fingerprint density at radius 3 is 2.29 bits per heavy atom. The molecule has 0 saturated heterocycles. The molecule has 1 aromatic carbocycles. The molecule has 5 nitrogen and oxygen atoms in total. The molecular formula is C11H10N2O3S. The molecule has 0 saturated carbocycles. The van der Waals surface area contributed by atoms with Crippen LogP contribution in [0.1, 0.15) is 0 Å². The molecule has 0 fully saturated rings. The molecule has 0 radical (unpaired) electrons. The molecule has 6 heteroatoms. The van der Waals surface area contributed by atoms with Gasteiger partial charge in [0.2, 0.25) is 0 Å². The van der Waals surface area contributed by atoms with E-state index in [9.17, 15) is 8.42 Å². The number of nitrogens with one attached hydrogen (secondary N) is 1. The van der Waals surface area contributed by atoms with Gasteiger partial charge >= 0.3 is 0 Å². The smallest absolute Gasteiger partial charge is 0.276 e. The topological polar surface area (TPSA) is 71.7 Å². The van der Waals surface area contributed by atoms with Gasteiger partial charge in [0.15, 0.2) is 0 Å². The van der Waals surface area contributed by atoms with Crippen LogP contribution in [0.2, 0.25) is 0 Å². The summed E-state index contributed by atoms with van der Waals surface area (Å²) in [5, 5.41) is 4.22. The van der Waals surface area contributed by atoms with Gasteiger partial charge in [-0.1, -0.05) is 18.2 Å². The highest BCUT2D eigenvalue weighted by Crippen LogP contribution is 2.06. The van der Waals surface area contributed by atoms with E-state index in [0.29, 0.717) is 5.36 Å². The molecule has 1 aromatic heterocycles. The fourth-order valence-corrected chi connectivity index (χ4v) is 2.01. The summed E-state index contributed by atoms with van der Waals surface area (Å²) < 4.78 is 28.4. The van der Waals surface area contributed by atoms with Gasteiger partial charge in [0, 0.05) is 12.1 Å². The minimum atomic E-state index is -3.61. The van der Waals surface area contributed by atoms with E-state index >= 15 is 0 Å². The minimum Gasteiger partial charge on any atom is -0.472 e. The van der Waals surface area contributed by atoms with Gasteiger partial charge in [-0.25, -0.2) is 0 Å². The second-order valence-corrected chi connectivity index (χ2v) is 4.85. The second-order valence-electron chi connectivity index (χ2n) is 3.19. The number of hydrogen-bond acceptors (Lipinski definition) is 4. The van der Waals surface area contributed by atoms with Crippen LogP contribution in [0.4, 0.5) is 0 Å². The zero-order valence-electron chi connectivity index (χ0n) is 8.78. The zero-order chi connectivity index (χ0) is 12.1. The van der Waals surface area contributed by atoms with Gasteiger partial charge in [0.25, 0.3) is 10.0 Å². The summed E-state index contributed by atoms with van der Waals surface area (Å²) in [5.74, 6) is 0. The van der Waals surface area contributed by atoms with E-state index in [1.807, 2.05) is 0 Å². The van der Waals surface area contributed by atoms with Gasteiger partial charge in [-0.15, -0.1) is 0 Å². The van der Waals surface area contributed by atoms with Gasteiger partial charge in [-0.2, -0.15) is 18.4 Å². The first-order valence-corrected chi connectivity index (χ1v) is 6.30. The Morgan fingerprint density at radius 2 is 1.65 bits per heavy atom. The van der Waals surface area contributed by atoms with Crippen LogP contribution in [0.25, 0.3) is 0 Å². The Labute approximate surface area is 98.5 Å². The fourth-order valence-electron chi connectivity index (χ4n) is 1.16. The van der Waals surface area contributed by atoms with Crippen molar-refractivity contribution in [2.75, 3.05) is 0 Å². The van der Waals surface area contributed by atoms with Gasteiger partial charge in [0.1, 0.15) is 0 Å². The van der Waals surface area contributed by atoms with Crippen LogP contribution in [-0.2, 0) is 10.0 Å². The summed E-state index contributed by atoms with van der Waals surface area (Å²) in [6.45, 7) is 0. The van der Waals surface area contributed by atoms with Crippen molar-refractivity contribution in [1.29, 1.82) is 0 Å². The van der Waals surface area contributed by atoms with Crippen LogP contribution in [0, 0.1) is 0 Å². The standard InChI is InChI=1S/C11H10N2O3S/c14-17(15,11-4-2-1-3-5-11)13-12-10-6-8-16-9-7-10/h1-9,13H. The first-order valence-electron chi connectivity index (χ1n) is 4.81. The lowest BCUT2D eigenvalue weighted by Crippen LogP contribution is -2.21. The van der Waals surface area contributed by atoms with Crippen molar-refractivity contribution in [2.45, 2.75) is 4.90 Å². The number of sulfonamides is 1. The summed E-state index contributed by atoms with van der Waals surface area (Å²) in [4.78, 5) is 2.32. The molecule has 1 N–H and O–H groups in total. The maximum Gasteiger partial charge on any atom is 0.276 e. The summed E-state index contributed by atoms with van der Waals surface area (Å²) in [7, 11) is -3.61. The number of benzene rings is 1. The summed E-state index contributed by atoms with van der Waals surface area (Å²) >= 11 is 0. The average molecular weight is 250 g/mol. The van der Waals surface area contributed by atoms with Crippen LogP contribution < -0.4 is 10.2 Å². The van der Waals surface area contributed by atoms with E-state index in [1.54, 1.807) is 30.3 Å². The Balaban J connectivity index is 2.26. The van der Waals surface area contributed by atoms with Crippen LogP contribution in [-0.4, -0.2) is 8.42 Å². The SMILES string of the molecule is O=S(=O)(NN=c1ccocc1)c1ccccc1. The van der Waals surface area contributed by atoms with Crippen molar-refractivity contribution in [1.82, 2.24) is 4.83 Å². The van der Waals surface area contributed by atoms with E-state index in [1.165, 1.54) is 24.7 Å². The van der Waals surface area contributed by atoms with Crippen molar-refractivity contribution < 1.29 is 12.8 Å². The molecule has 0 aliphatic heterocycles. The lowest BCUT2D eigenvalue weighted by Gasteiger charge is -2.01. The summed E-state index contributed by atoms with van der Waals surface area (Å²) in [5.41, 5.74) is 0. The van der Waals surface area contributed by atoms with E-state index in [-0.39, 0.29) is 4.90 Å². The normalized spacial score (nSPS) is 10.8. The van der Waals surface area contributed by atoms with Crippen molar-refractivity contribution >= 4 is 10.0 Å². The van der Waals surface area contributed by atoms with Crippen molar-refractivity contribution in [3.8, 4) is 0 Å². The third kappa shape index (κ3) is 2.94. The first-order chi connectivity index (χ1) is 8.18. The maximum atomic E-state index is 11.8. The van der Waals surface area contributed by atoms with Crippen LogP contribution in [0.15, 0.2) is 69.4 Å². The van der Waals surface area contributed by atoms with Crippen LogP contribution in [0.3, 0.4) is 0 Å². The molecule has 0 atom stereocenters. The van der Waals surface area contributed by atoms with Crippen molar-refractivity contribution in [2.24, 2.45) is 5.10 Å². The van der Waals surface area contributed by atoms with E-state index in [2.05, 4.69) is 9.93 Å². The highest BCUT2D eigenvalue weighted by molar-refractivity contribution is 7.89. The third-order valence-corrected chi connectivity index (χ3v) is 3.21. The molecule has 1 heterocycles. The molecule has 0 aliphatic rings. The van der Waals surface area contributed by atoms with Crippen molar-refractivity contribution in [3.05, 3.63) is 60.3 Å². The van der Waals surface area contributed by atoms with Gasteiger partial charge < -0.3 is 4.42 Å². The minimum absolute atomic E-state index is 0.171. The van der Waals surface area contributed by atoms with Gasteiger partial charge in [-0.05, 0) is 12.1 Å². The quantitative estimate of drug-likeness (QED) is 0.828. The monoisotopic (exact) mass is 250 g/mol. The molecular weight excluding hydrogens is 240 g/mol. The number of rotatable bonds is 3. The average Bonchev–Trinajstić information content (AvgIpc) is 2.39. The maximum absolute atomic E-state index is 11.8. The predicted molar refractivity (Wildman–Crippen MR) is 61.0 cm³/mol. The summed E-state index contributed by atoms with van der Waals surface area (Å²) in [6, 6.07) is 11.1. The molecule has 0 bridgehead atoms. The molecule has 0 aliphatic carbocycles. The number of nitrogens with zero attached hydrogens (tertiary/aromatic N) is 1. The molecule has 2 aromatic rings.